The predicted molar refractivity (Wildman–Crippen MR) is 129 cm³/mol. The lowest BCUT2D eigenvalue weighted by atomic mass is 10.1. The zero-order valence-electron chi connectivity index (χ0n) is 20.4. The van der Waals surface area contributed by atoms with Crippen LogP contribution >= 0.6 is 0 Å². The molecule has 4 unspecified atom stereocenters. The Morgan fingerprint density at radius 3 is 1.66 bits per heavy atom. The van der Waals surface area contributed by atoms with E-state index in [1.165, 1.54) is 0 Å². The van der Waals surface area contributed by atoms with E-state index in [0.717, 1.165) is 0 Å². The average Bonchev–Trinajstić information content (AvgIpc) is 2.79. The number of carboxylic acids is 3. The molecule has 0 aromatic rings. The van der Waals surface area contributed by atoms with Crippen LogP contribution in [0.1, 0.15) is 44.9 Å². The van der Waals surface area contributed by atoms with E-state index in [1.807, 2.05) is 0 Å². The van der Waals surface area contributed by atoms with Crippen molar-refractivity contribution in [1.29, 1.82) is 0 Å². The lowest BCUT2D eigenvalue weighted by molar-refractivity contribution is -0.143. The van der Waals surface area contributed by atoms with E-state index in [1.54, 1.807) is 0 Å². The third kappa shape index (κ3) is 14.8. The van der Waals surface area contributed by atoms with Gasteiger partial charge in [0, 0.05) is 19.4 Å². The Balaban J connectivity index is 5.74. The average molecular weight is 547 g/mol. The smallest absolute Gasteiger partial charge is 0.326 e. The number of nitrogens with one attached hydrogen (secondary N) is 3. The number of carbonyl (C=O) groups is 7. The SMILES string of the molecule is NC(=O)CCC(NC(=O)C(N)CC(=O)O)C(=O)NC(CCCN=C(N)N)C(=O)NC(CCC(=O)O)C(=O)O. The van der Waals surface area contributed by atoms with Crippen molar-refractivity contribution in [2.45, 2.75) is 69.1 Å². The number of aliphatic carboxylic acids is 3. The van der Waals surface area contributed by atoms with Crippen molar-refractivity contribution < 1.29 is 48.9 Å². The van der Waals surface area contributed by atoms with Crippen molar-refractivity contribution in [2.75, 3.05) is 6.54 Å². The van der Waals surface area contributed by atoms with Gasteiger partial charge in [0.1, 0.15) is 18.1 Å². The molecule has 0 aliphatic rings. The van der Waals surface area contributed by atoms with E-state index in [2.05, 4.69) is 20.9 Å². The minimum Gasteiger partial charge on any atom is -0.481 e. The van der Waals surface area contributed by atoms with E-state index >= 15 is 0 Å². The topological polar surface area (TPSA) is 333 Å². The van der Waals surface area contributed by atoms with Crippen LogP contribution in [-0.2, 0) is 33.6 Å². The summed E-state index contributed by atoms with van der Waals surface area (Å²) in [6, 6.07) is -5.98. The van der Waals surface area contributed by atoms with Gasteiger partial charge in [-0.05, 0) is 25.7 Å². The largest absolute Gasteiger partial charge is 0.481 e. The summed E-state index contributed by atoms with van der Waals surface area (Å²) in [6.45, 7) is 0.0369. The molecule has 0 fully saturated rings. The molecular formula is C20H34N8O10. The Hall–Kier alpha value is -4.48. The maximum Gasteiger partial charge on any atom is 0.326 e. The summed E-state index contributed by atoms with van der Waals surface area (Å²) in [5, 5.41) is 33.6. The Morgan fingerprint density at radius 1 is 0.684 bits per heavy atom. The number of primary amides is 1. The molecular weight excluding hydrogens is 512 g/mol. The third-order valence-corrected chi connectivity index (χ3v) is 4.88. The van der Waals surface area contributed by atoms with Crippen molar-refractivity contribution in [2.24, 2.45) is 27.9 Å². The van der Waals surface area contributed by atoms with E-state index < -0.39 is 85.0 Å². The quantitative estimate of drug-likeness (QED) is 0.0415. The van der Waals surface area contributed by atoms with Crippen LogP contribution < -0.4 is 38.9 Å². The van der Waals surface area contributed by atoms with Gasteiger partial charge in [0.15, 0.2) is 5.96 Å². The molecule has 0 aromatic heterocycles. The Labute approximate surface area is 216 Å². The van der Waals surface area contributed by atoms with Crippen molar-refractivity contribution >= 4 is 47.5 Å². The number of rotatable bonds is 19. The molecule has 4 atom stereocenters. The van der Waals surface area contributed by atoms with Crippen LogP contribution in [0.25, 0.3) is 0 Å². The van der Waals surface area contributed by atoms with Crippen LogP contribution in [0.2, 0.25) is 0 Å². The highest BCUT2D eigenvalue weighted by Gasteiger charge is 2.31. The number of guanidine groups is 1. The standard InChI is InChI=1S/C20H34N8O10/c21-9(8-15(32)33)16(34)26-11(3-5-13(22)29)18(36)27-10(2-1-7-25-20(23)24)17(35)28-12(19(37)38)4-6-14(30)31/h9-12H,1-8,21H2,(H2,22,29)(H,26,34)(H,27,36)(H,28,35)(H,30,31)(H,32,33)(H,37,38)(H4,23,24,25). The lowest BCUT2D eigenvalue weighted by Gasteiger charge is -2.25. The molecule has 0 bridgehead atoms. The summed E-state index contributed by atoms with van der Waals surface area (Å²) >= 11 is 0. The second kappa shape index (κ2) is 17.1. The van der Waals surface area contributed by atoms with E-state index in [9.17, 15) is 38.7 Å². The minimum absolute atomic E-state index is 0.0369. The van der Waals surface area contributed by atoms with Gasteiger partial charge in [-0.25, -0.2) is 4.79 Å². The maximum absolute atomic E-state index is 12.9. The fourth-order valence-corrected chi connectivity index (χ4v) is 2.96. The number of carboxylic acid groups (broad SMARTS) is 3. The summed E-state index contributed by atoms with van der Waals surface area (Å²) < 4.78 is 0. The Kier molecular flexibility index (Phi) is 15.0. The van der Waals surface area contributed by atoms with Gasteiger partial charge < -0.3 is 54.2 Å². The second-order valence-corrected chi connectivity index (χ2v) is 8.11. The number of nitrogens with two attached hydrogens (primary N) is 4. The number of hydrogen-bond acceptors (Lipinski definition) is 9. The van der Waals surface area contributed by atoms with Crippen molar-refractivity contribution in [1.82, 2.24) is 16.0 Å². The van der Waals surface area contributed by atoms with Gasteiger partial charge >= 0.3 is 17.9 Å². The van der Waals surface area contributed by atoms with Crippen LogP contribution in [0.4, 0.5) is 0 Å². The molecule has 14 N–H and O–H groups in total. The number of carbonyl (C=O) groups excluding carboxylic acids is 4. The fourth-order valence-electron chi connectivity index (χ4n) is 2.96. The van der Waals surface area contributed by atoms with E-state index in [0.29, 0.717) is 0 Å². The fraction of sp³-hybridized carbons (Fsp3) is 0.600. The van der Waals surface area contributed by atoms with Crippen molar-refractivity contribution in [3.63, 3.8) is 0 Å². The Morgan fingerprint density at radius 2 is 1.18 bits per heavy atom. The first-order valence-electron chi connectivity index (χ1n) is 11.3. The van der Waals surface area contributed by atoms with E-state index in [4.69, 9.17) is 33.1 Å². The van der Waals surface area contributed by atoms with Crippen molar-refractivity contribution in [3.8, 4) is 0 Å². The molecule has 0 spiro atoms. The molecule has 0 aliphatic carbocycles. The highest BCUT2D eigenvalue weighted by molar-refractivity contribution is 5.95. The maximum atomic E-state index is 12.9. The van der Waals surface area contributed by atoms with Gasteiger partial charge in [-0.1, -0.05) is 0 Å². The zero-order valence-corrected chi connectivity index (χ0v) is 20.4. The van der Waals surface area contributed by atoms with E-state index in [-0.39, 0.29) is 38.2 Å². The molecule has 0 saturated heterocycles. The molecule has 18 heteroatoms. The summed E-state index contributed by atoms with van der Waals surface area (Å²) in [7, 11) is 0. The number of aliphatic imine (C=N–C) groups is 1. The summed E-state index contributed by atoms with van der Waals surface area (Å²) in [5.74, 6) is -8.22. The zero-order chi connectivity index (χ0) is 29.4. The number of nitrogens with zero attached hydrogens (tertiary/aromatic N) is 1. The monoisotopic (exact) mass is 546 g/mol. The van der Waals surface area contributed by atoms with Gasteiger partial charge in [0.2, 0.25) is 23.6 Å². The highest BCUT2D eigenvalue weighted by atomic mass is 16.4. The molecule has 0 radical (unpaired) electrons. The van der Waals surface area contributed by atoms with Crippen molar-refractivity contribution in [3.05, 3.63) is 0 Å². The summed E-state index contributed by atoms with van der Waals surface area (Å²) in [5.41, 5.74) is 21.1. The van der Waals surface area contributed by atoms with Crippen LogP contribution in [0.3, 0.4) is 0 Å². The van der Waals surface area contributed by atoms with Crippen LogP contribution in [-0.4, -0.2) is 93.5 Å². The highest BCUT2D eigenvalue weighted by Crippen LogP contribution is 2.06. The summed E-state index contributed by atoms with van der Waals surface area (Å²) in [4.78, 5) is 86.1. The van der Waals surface area contributed by atoms with Gasteiger partial charge in [0.05, 0.1) is 12.5 Å². The number of amides is 4. The first kappa shape index (κ1) is 33.5. The molecule has 4 amide bonds. The molecule has 0 saturated carbocycles. The van der Waals surface area contributed by atoms with Gasteiger partial charge in [0.25, 0.3) is 0 Å². The van der Waals surface area contributed by atoms with Gasteiger partial charge in [-0.3, -0.25) is 33.8 Å². The van der Waals surface area contributed by atoms with Crippen LogP contribution in [0, 0.1) is 0 Å². The first-order chi connectivity index (χ1) is 17.6. The van der Waals surface area contributed by atoms with Gasteiger partial charge in [-0.15, -0.1) is 0 Å². The molecule has 0 rings (SSSR count). The molecule has 0 heterocycles. The Bertz CT molecular complexity index is 921. The number of hydrogen-bond donors (Lipinski definition) is 10. The molecule has 0 aliphatic heterocycles. The third-order valence-electron chi connectivity index (χ3n) is 4.88. The van der Waals surface area contributed by atoms with Crippen LogP contribution in [0.5, 0.6) is 0 Å². The molecule has 214 valence electrons. The first-order valence-corrected chi connectivity index (χ1v) is 11.3. The lowest BCUT2D eigenvalue weighted by Crippen LogP contribution is -2.57. The molecule has 38 heavy (non-hydrogen) atoms. The summed E-state index contributed by atoms with van der Waals surface area (Å²) in [6.07, 6.45) is -2.44. The predicted octanol–water partition coefficient (Wildman–Crippen LogP) is -4.49. The van der Waals surface area contributed by atoms with Crippen LogP contribution in [0.15, 0.2) is 4.99 Å². The second-order valence-electron chi connectivity index (χ2n) is 8.11. The molecule has 0 aromatic carbocycles. The minimum atomic E-state index is -1.59. The molecule has 18 nitrogen and oxygen atoms in total. The van der Waals surface area contributed by atoms with Gasteiger partial charge in [-0.2, -0.15) is 0 Å². The normalized spacial score (nSPS) is 13.6.